The van der Waals surface area contributed by atoms with Gasteiger partial charge in [-0.1, -0.05) is 42.5 Å². The molecule has 3 heteroatoms. The average Bonchev–Trinajstić information content (AvgIpc) is 3.16. The molecule has 2 heterocycles. The third kappa shape index (κ3) is 3.16. The van der Waals surface area contributed by atoms with E-state index in [1.54, 1.807) is 22.7 Å². The lowest BCUT2D eigenvalue weighted by atomic mass is 9.95. The molecule has 0 aliphatic rings. The summed E-state index contributed by atoms with van der Waals surface area (Å²) in [7, 11) is 0. The minimum atomic E-state index is -0.977. The minimum absolute atomic E-state index is 0.960. The molecule has 1 aromatic carbocycles. The highest BCUT2D eigenvalue weighted by atomic mass is 32.1. The molecule has 0 saturated heterocycles. The van der Waals surface area contributed by atoms with E-state index in [9.17, 15) is 5.11 Å². The van der Waals surface area contributed by atoms with Gasteiger partial charge in [0.05, 0.1) is 4.88 Å². The summed E-state index contributed by atoms with van der Waals surface area (Å²) in [6, 6.07) is 16.2. The third-order valence-electron chi connectivity index (χ3n) is 3.36. The van der Waals surface area contributed by atoms with Gasteiger partial charge in [-0.25, -0.2) is 0 Å². The molecule has 0 fully saturated rings. The maximum Gasteiger partial charge on any atom is 0.107 e. The van der Waals surface area contributed by atoms with Crippen LogP contribution in [-0.2, 0) is 5.60 Å². The van der Waals surface area contributed by atoms with Crippen molar-refractivity contribution in [2.45, 2.75) is 12.5 Å². The highest BCUT2D eigenvalue weighted by molar-refractivity contribution is 7.20. The van der Waals surface area contributed by atoms with Crippen molar-refractivity contribution in [2.24, 2.45) is 0 Å². The van der Waals surface area contributed by atoms with E-state index < -0.39 is 5.60 Å². The lowest BCUT2D eigenvalue weighted by Gasteiger charge is -2.20. The van der Waals surface area contributed by atoms with Crippen LogP contribution >= 0.6 is 22.7 Å². The Morgan fingerprint density at radius 2 is 1.76 bits per heavy atom. The van der Waals surface area contributed by atoms with Gasteiger partial charge in [-0.2, -0.15) is 0 Å². The molecule has 1 nitrogen and oxygen atoms in total. The van der Waals surface area contributed by atoms with Gasteiger partial charge >= 0.3 is 0 Å². The molecule has 3 aromatic rings. The van der Waals surface area contributed by atoms with Gasteiger partial charge < -0.3 is 5.11 Å². The maximum absolute atomic E-state index is 10.8. The Balaban J connectivity index is 1.92. The SMILES string of the molecule is CC(O)(C=Cc1ccccc1)c1ccsc1-c1cccs1. The third-order valence-corrected chi connectivity index (χ3v) is 5.32. The van der Waals surface area contributed by atoms with Crippen molar-refractivity contribution in [2.75, 3.05) is 0 Å². The van der Waals surface area contributed by atoms with Crippen LogP contribution in [0.15, 0.2) is 65.4 Å². The van der Waals surface area contributed by atoms with E-state index in [-0.39, 0.29) is 0 Å². The van der Waals surface area contributed by atoms with Crippen molar-refractivity contribution in [3.05, 3.63) is 76.5 Å². The van der Waals surface area contributed by atoms with Crippen molar-refractivity contribution >= 4 is 28.7 Å². The standard InChI is InChI=1S/C18H16OS2/c1-18(19,11-9-14-6-3-2-4-7-14)15-10-13-21-17(15)16-8-5-12-20-16/h2-13,19H,1H3. The van der Waals surface area contributed by atoms with Crippen LogP contribution < -0.4 is 0 Å². The predicted octanol–water partition coefficient (Wildman–Crippen LogP) is 5.40. The molecule has 0 aliphatic carbocycles. The van der Waals surface area contributed by atoms with Crippen molar-refractivity contribution in [3.63, 3.8) is 0 Å². The first kappa shape index (κ1) is 14.3. The first-order valence-corrected chi connectivity index (χ1v) is 8.51. The maximum atomic E-state index is 10.8. The summed E-state index contributed by atoms with van der Waals surface area (Å²) in [6.45, 7) is 1.84. The van der Waals surface area contributed by atoms with E-state index in [1.165, 1.54) is 4.88 Å². The van der Waals surface area contributed by atoms with Gasteiger partial charge in [0.1, 0.15) is 5.60 Å². The normalized spacial score (nSPS) is 14.4. The van der Waals surface area contributed by atoms with E-state index in [2.05, 4.69) is 11.4 Å². The van der Waals surface area contributed by atoms with Crippen LogP contribution in [0.5, 0.6) is 0 Å². The molecule has 106 valence electrons. The van der Waals surface area contributed by atoms with Crippen LogP contribution in [0.4, 0.5) is 0 Å². The van der Waals surface area contributed by atoms with E-state index in [0.717, 1.165) is 16.0 Å². The smallest absolute Gasteiger partial charge is 0.107 e. The topological polar surface area (TPSA) is 20.2 Å². The molecule has 0 aliphatic heterocycles. The monoisotopic (exact) mass is 312 g/mol. The summed E-state index contributed by atoms with van der Waals surface area (Å²) in [5, 5.41) is 14.9. The number of hydrogen-bond donors (Lipinski definition) is 1. The molecule has 2 aromatic heterocycles. The summed E-state index contributed by atoms with van der Waals surface area (Å²) in [4.78, 5) is 2.35. The molecule has 0 saturated carbocycles. The first-order valence-electron chi connectivity index (χ1n) is 6.75. The Kier molecular flexibility index (Phi) is 4.06. The van der Waals surface area contributed by atoms with Crippen LogP contribution in [0.2, 0.25) is 0 Å². The summed E-state index contributed by atoms with van der Waals surface area (Å²) in [6.07, 6.45) is 3.83. The van der Waals surface area contributed by atoms with Gasteiger partial charge in [-0.05, 0) is 41.5 Å². The largest absolute Gasteiger partial charge is 0.381 e. The lowest BCUT2D eigenvalue weighted by Crippen LogP contribution is -2.17. The van der Waals surface area contributed by atoms with Crippen LogP contribution in [0.3, 0.4) is 0 Å². The van der Waals surface area contributed by atoms with E-state index in [1.807, 2.05) is 66.9 Å². The van der Waals surface area contributed by atoms with E-state index in [0.29, 0.717) is 0 Å². The summed E-state index contributed by atoms with van der Waals surface area (Å²) >= 11 is 3.37. The summed E-state index contributed by atoms with van der Waals surface area (Å²) < 4.78 is 0. The van der Waals surface area contributed by atoms with Crippen LogP contribution in [0.25, 0.3) is 15.8 Å². The molecular weight excluding hydrogens is 296 g/mol. The van der Waals surface area contributed by atoms with Crippen molar-refractivity contribution in [1.29, 1.82) is 0 Å². The fourth-order valence-electron chi connectivity index (χ4n) is 2.22. The summed E-state index contributed by atoms with van der Waals surface area (Å²) in [5.74, 6) is 0. The Bertz CT molecular complexity index is 722. The second-order valence-corrected chi connectivity index (χ2v) is 6.90. The van der Waals surface area contributed by atoms with Gasteiger partial charge in [0, 0.05) is 10.4 Å². The van der Waals surface area contributed by atoms with Gasteiger partial charge in [0.15, 0.2) is 0 Å². The van der Waals surface area contributed by atoms with Crippen LogP contribution in [0.1, 0.15) is 18.1 Å². The number of hydrogen-bond acceptors (Lipinski definition) is 3. The number of rotatable bonds is 4. The van der Waals surface area contributed by atoms with E-state index in [4.69, 9.17) is 0 Å². The van der Waals surface area contributed by atoms with Gasteiger partial charge in [-0.15, -0.1) is 22.7 Å². The van der Waals surface area contributed by atoms with Gasteiger partial charge in [0.2, 0.25) is 0 Å². The Morgan fingerprint density at radius 1 is 0.952 bits per heavy atom. The molecular formula is C18H16OS2. The number of thiophene rings is 2. The predicted molar refractivity (Wildman–Crippen MR) is 92.7 cm³/mol. The second kappa shape index (κ2) is 5.98. The van der Waals surface area contributed by atoms with Crippen molar-refractivity contribution in [1.82, 2.24) is 0 Å². The minimum Gasteiger partial charge on any atom is -0.381 e. The second-order valence-electron chi connectivity index (χ2n) is 5.03. The quantitative estimate of drug-likeness (QED) is 0.684. The summed E-state index contributed by atoms with van der Waals surface area (Å²) in [5.41, 5.74) is 1.07. The zero-order valence-corrected chi connectivity index (χ0v) is 13.3. The van der Waals surface area contributed by atoms with Crippen LogP contribution in [-0.4, -0.2) is 5.11 Å². The van der Waals surface area contributed by atoms with Gasteiger partial charge in [-0.3, -0.25) is 0 Å². The fraction of sp³-hybridized carbons (Fsp3) is 0.111. The molecule has 0 bridgehead atoms. The number of aliphatic hydroxyl groups is 1. The molecule has 0 amide bonds. The van der Waals surface area contributed by atoms with Crippen molar-refractivity contribution in [3.8, 4) is 9.75 Å². The highest BCUT2D eigenvalue weighted by Gasteiger charge is 2.24. The zero-order chi connectivity index (χ0) is 14.7. The molecule has 21 heavy (non-hydrogen) atoms. The number of benzene rings is 1. The Morgan fingerprint density at radius 3 is 2.48 bits per heavy atom. The van der Waals surface area contributed by atoms with E-state index >= 15 is 0 Å². The molecule has 1 unspecified atom stereocenters. The average molecular weight is 312 g/mol. The first-order chi connectivity index (χ1) is 10.2. The highest BCUT2D eigenvalue weighted by Crippen LogP contribution is 2.39. The Hall–Kier alpha value is -1.68. The van der Waals surface area contributed by atoms with Crippen LogP contribution in [0, 0.1) is 0 Å². The molecule has 1 N–H and O–H groups in total. The fourth-order valence-corrected chi connectivity index (χ4v) is 4.11. The van der Waals surface area contributed by atoms with Gasteiger partial charge in [0.25, 0.3) is 0 Å². The molecule has 1 atom stereocenters. The zero-order valence-electron chi connectivity index (χ0n) is 11.7. The Labute approximate surface area is 132 Å². The molecule has 0 radical (unpaired) electrons. The lowest BCUT2D eigenvalue weighted by molar-refractivity contribution is 0.113. The van der Waals surface area contributed by atoms with Crippen molar-refractivity contribution < 1.29 is 5.11 Å². The molecule has 0 spiro atoms. The molecule has 3 rings (SSSR count).